The summed E-state index contributed by atoms with van der Waals surface area (Å²) < 4.78 is 7.00. The third-order valence-electron chi connectivity index (χ3n) is 3.69. The van der Waals surface area contributed by atoms with E-state index in [-0.39, 0.29) is 0 Å². The van der Waals surface area contributed by atoms with Gasteiger partial charge in [-0.2, -0.15) is 0 Å². The zero-order valence-corrected chi connectivity index (χ0v) is 13.7. The van der Waals surface area contributed by atoms with Gasteiger partial charge < -0.3 is 9.64 Å². The van der Waals surface area contributed by atoms with E-state index in [1.807, 2.05) is 12.1 Å². The Bertz CT molecular complexity index is 582. The summed E-state index contributed by atoms with van der Waals surface area (Å²) in [7, 11) is 0. The van der Waals surface area contributed by atoms with Crippen molar-refractivity contribution in [2.75, 3.05) is 26.2 Å². The quantitative estimate of drug-likeness (QED) is 0.583. The molecule has 3 nitrogen and oxygen atoms in total. The second-order valence-corrected chi connectivity index (χ2v) is 6.48. The lowest BCUT2D eigenvalue weighted by molar-refractivity contribution is 0.257. The molecule has 1 saturated heterocycles. The van der Waals surface area contributed by atoms with Gasteiger partial charge in [-0.25, -0.2) is 4.98 Å². The van der Waals surface area contributed by atoms with Crippen LogP contribution in [0.3, 0.4) is 0 Å². The molecule has 3 rings (SSSR count). The van der Waals surface area contributed by atoms with E-state index in [1.54, 1.807) is 0 Å². The SMILES string of the molecule is Ic1ccc2nc(OCCCN3CCCC3)ccc2c1. The Morgan fingerprint density at radius 1 is 1.15 bits per heavy atom. The van der Waals surface area contributed by atoms with Crippen LogP contribution in [0.4, 0.5) is 0 Å². The van der Waals surface area contributed by atoms with Gasteiger partial charge in [0.1, 0.15) is 0 Å². The average molecular weight is 382 g/mol. The molecular weight excluding hydrogens is 363 g/mol. The van der Waals surface area contributed by atoms with Gasteiger partial charge in [-0.05, 0) is 79.2 Å². The first-order valence-corrected chi connectivity index (χ1v) is 8.31. The van der Waals surface area contributed by atoms with E-state index in [2.05, 4.69) is 50.7 Å². The number of likely N-dealkylation sites (tertiary alicyclic amines) is 1. The number of nitrogens with zero attached hydrogens (tertiary/aromatic N) is 2. The summed E-state index contributed by atoms with van der Waals surface area (Å²) in [6, 6.07) is 10.3. The normalized spacial score (nSPS) is 15.8. The number of rotatable bonds is 5. The fourth-order valence-electron chi connectivity index (χ4n) is 2.63. The standard InChI is InChI=1S/C16H19IN2O/c17-14-5-6-15-13(12-14)4-7-16(18-15)20-11-3-10-19-8-1-2-9-19/h4-7,12H,1-3,8-11H2. The summed E-state index contributed by atoms with van der Waals surface area (Å²) in [4.78, 5) is 7.06. The molecule has 0 unspecified atom stereocenters. The first-order chi connectivity index (χ1) is 9.81. The highest BCUT2D eigenvalue weighted by atomic mass is 127. The van der Waals surface area contributed by atoms with E-state index in [4.69, 9.17) is 4.74 Å². The molecule has 1 aromatic heterocycles. The Hall–Kier alpha value is -0.880. The van der Waals surface area contributed by atoms with Gasteiger partial charge in [0.15, 0.2) is 0 Å². The fraction of sp³-hybridized carbons (Fsp3) is 0.438. The highest BCUT2D eigenvalue weighted by Gasteiger charge is 2.10. The van der Waals surface area contributed by atoms with Crippen molar-refractivity contribution in [2.45, 2.75) is 19.3 Å². The lowest BCUT2D eigenvalue weighted by atomic mass is 10.2. The highest BCUT2D eigenvalue weighted by Crippen LogP contribution is 2.19. The third kappa shape index (κ3) is 3.61. The van der Waals surface area contributed by atoms with Crippen molar-refractivity contribution in [1.29, 1.82) is 0 Å². The Morgan fingerprint density at radius 3 is 2.85 bits per heavy atom. The maximum atomic E-state index is 5.76. The molecule has 1 aromatic carbocycles. The molecule has 2 heterocycles. The molecule has 4 heteroatoms. The zero-order valence-electron chi connectivity index (χ0n) is 11.5. The van der Waals surface area contributed by atoms with Crippen molar-refractivity contribution < 1.29 is 4.74 Å². The topological polar surface area (TPSA) is 25.4 Å². The minimum absolute atomic E-state index is 0.736. The lowest BCUT2D eigenvalue weighted by Gasteiger charge is -2.14. The number of pyridine rings is 1. The van der Waals surface area contributed by atoms with E-state index in [0.717, 1.165) is 31.0 Å². The molecule has 0 radical (unpaired) electrons. The van der Waals surface area contributed by atoms with Crippen molar-refractivity contribution in [3.05, 3.63) is 33.9 Å². The van der Waals surface area contributed by atoms with Crippen LogP contribution >= 0.6 is 22.6 Å². The van der Waals surface area contributed by atoms with Crippen molar-refractivity contribution in [3.8, 4) is 5.88 Å². The number of hydrogen-bond donors (Lipinski definition) is 0. The molecule has 0 spiro atoms. The van der Waals surface area contributed by atoms with Gasteiger partial charge in [0, 0.05) is 21.6 Å². The van der Waals surface area contributed by atoms with Crippen molar-refractivity contribution >= 4 is 33.5 Å². The summed E-state index contributed by atoms with van der Waals surface area (Å²) >= 11 is 2.32. The van der Waals surface area contributed by atoms with Crippen LogP contribution in [0.5, 0.6) is 5.88 Å². The van der Waals surface area contributed by atoms with Crippen LogP contribution < -0.4 is 4.74 Å². The monoisotopic (exact) mass is 382 g/mol. The van der Waals surface area contributed by atoms with E-state index in [1.165, 1.54) is 34.9 Å². The minimum Gasteiger partial charge on any atom is -0.478 e. The second-order valence-electron chi connectivity index (χ2n) is 5.24. The number of halogens is 1. The van der Waals surface area contributed by atoms with Crippen LogP contribution in [-0.4, -0.2) is 36.1 Å². The van der Waals surface area contributed by atoms with Crippen molar-refractivity contribution in [2.24, 2.45) is 0 Å². The smallest absolute Gasteiger partial charge is 0.213 e. The molecule has 0 saturated carbocycles. The maximum absolute atomic E-state index is 5.76. The molecule has 0 amide bonds. The predicted molar refractivity (Wildman–Crippen MR) is 90.2 cm³/mol. The Morgan fingerprint density at radius 2 is 2.00 bits per heavy atom. The van der Waals surface area contributed by atoms with Crippen LogP contribution in [0.1, 0.15) is 19.3 Å². The van der Waals surface area contributed by atoms with Gasteiger partial charge in [-0.3, -0.25) is 0 Å². The molecule has 0 bridgehead atoms. The second kappa shape index (κ2) is 6.72. The summed E-state index contributed by atoms with van der Waals surface area (Å²) in [6.07, 6.45) is 3.78. The van der Waals surface area contributed by atoms with Crippen LogP contribution in [-0.2, 0) is 0 Å². The molecule has 1 aliphatic rings. The van der Waals surface area contributed by atoms with Gasteiger partial charge >= 0.3 is 0 Å². The molecule has 0 N–H and O–H groups in total. The van der Waals surface area contributed by atoms with Gasteiger partial charge in [0.2, 0.25) is 5.88 Å². The van der Waals surface area contributed by atoms with Crippen LogP contribution in [0, 0.1) is 3.57 Å². The maximum Gasteiger partial charge on any atom is 0.213 e. The third-order valence-corrected chi connectivity index (χ3v) is 4.36. The Labute approximate surface area is 133 Å². The summed E-state index contributed by atoms with van der Waals surface area (Å²) in [5.41, 5.74) is 1.00. The van der Waals surface area contributed by atoms with Gasteiger partial charge in [0.05, 0.1) is 12.1 Å². The number of ether oxygens (including phenoxy) is 1. The summed E-state index contributed by atoms with van der Waals surface area (Å²) in [5.74, 6) is 0.736. The average Bonchev–Trinajstić information content (AvgIpc) is 2.97. The van der Waals surface area contributed by atoms with E-state index in [0.29, 0.717) is 0 Å². The molecule has 2 aromatic rings. The molecule has 106 valence electrons. The van der Waals surface area contributed by atoms with E-state index in [9.17, 15) is 0 Å². The molecule has 0 atom stereocenters. The minimum atomic E-state index is 0.736. The van der Waals surface area contributed by atoms with Crippen LogP contribution in [0.15, 0.2) is 30.3 Å². The van der Waals surface area contributed by atoms with E-state index >= 15 is 0 Å². The van der Waals surface area contributed by atoms with Gasteiger partial charge in [-0.1, -0.05) is 0 Å². The van der Waals surface area contributed by atoms with Gasteiger partial charge in [-0.15, -0.1) is 0 Å². The van der Waals surface area contributed by atoms with E-state index < -0.39 is 0 Å². The largest absolute Gasteiger partial charge is 0.478 e. The van der Waals surface area contributed by atoms with Gasteiger partial charge in [0.25, 0.3) is 0 Å². The molecule has 1 fully saturated rings. The predicted octanol–water partition coefficient (Wildman–Crippen LogP) is 3.70. The summed E-state index contributed by atoms with van der Waals surface area (Å²) in [5, 5.41) is 1.17. The Kier molecular flexibility index (Phi) is 4.73. The van der Waals surface area contributed by atoms with Crippen LogP contribution in [0.2, 0.25) is 0 Å². The molecule has 1 aliphatic heterocycles. The van der Waals surface area contributed by atoms with Crippen molar-refractivity contribution in [3.63, 3.8) is 0 Å². The lowest BCUT2D eigenvalue weighted by Crippen LogP contribution is -2.21. The molecular formula is C16H19IN2O. The number of hydrogen-bond acceptors (Lipinski definition) is 3. The Balaban J connectivity index is 1.53. The first-order valence-electron chi connectivity index (χ1n) is 7.23. The highest BCUT2D eigenvalue weighted by molar-refractivity contribution is 14.1. The summed E-state index contributed by atoms with van der Waals surface area (Å²) in [6.45, 7) is 4.41. The zero-order chi connectivity index (χ0) is 13.8. The van der Waals surface area contributed by atoms with Crippen molar-refractivity contribution in [1.82, 2.24) is 9.88 Å². The molecule has 0 aliphatic carbocycles. The molecule has 20 heavy (non-hydrogen) atoms. The number of fused-ring (bicyclic) bond motifs is 1. The van der Waals surface area contributed by atoms with Crippen LogP contribution in [0.25, 0.3) is 10.9 Å². The number of aromatic nitrogens is 1. The first kappa shape index (κ1) is 14.1. The number of benzene rings is 1. The fourth-order valence-corrected chi connectivity index (χ4v) is 3.14.